The minimum Gasteiger partial charge on any atom is -0.492 e. The van der Waals surface area contributed by atoms with E-state index in [4.69, 9.17) is 4.74 Å². The van der Waals surface area contributed by atoms with Crippen LogP contribution in [0.2, 0.25) is 0 Å². The minimum absolute atomic E-state index is 0.0106. The number of aryl methyl sites for hydroxylation is 1. The van der Waals surface area contributed by atoms with Crippen LogP contribution in [0.15, 0.2) is 48.5 Å². The largest absolute Gasteiger partial charge is 0.492 e. The molecule has 0 saturated carbocycles. The molecule has 3 aromatic rings. The highest BCUT2D eigenvalue weighted by Gasteiger charge is 2.26. The molecule has 0 bridgehead atoms. The summed E-state index contributed by atoms with van der Waals surface area (Å²) in [5.41, 5.74) is 2.90. The maximum absolute atomic E-state index is 12.7. The van der Waals surface area contributed by atoms with E-state index in [9.17, 15) is 4.79 Å². The van der Waals surface area contributed by atoms with Crippen molar-refractivity contribution in [3.8, 4) is 17.1 Å². The number of carbonyl (C=O) groups excluding carboxylic acids is 1. The molecule has 2 aliphatic rings. The van der Waals surface area contributed by atoms with Gasteiger partial charge < -0.3 is 14.6 Å². The molecule has 3 heterocycles. The van der Waals surface area contributed by atoms with Crippen molar-refractivity contribution in [2.45, 2.75) is 38.6 Å². The van der Waals surface area contributed by atoms with Crippen molar-refractivity contribution in [2.75, 3.05) is 11.9 Å². The Morgan fingerprint density at radius 3 is 2.79 bits per heavy atom. The van der Waals surface area contributed by atoms with Crippen LogP contribution in [0.1, 0.15) is 30.7 Å². The zero-order valence-electron chi connectivity index (χ0n) is 16.3. The first-order chi connectivity index (χ1) is 14.3. The molecule has 1 amide bonds. The highest BCUT2D eigenvalue weighted by Crippen LogP contribution is 2.28. The Hall–Kier alpha value is -3.15. The Bertz CT molecular complexity index is 1030. The zero-order chi connectivity index (χ0) is 19.6. The third kappa shape index (κ3) is 3.62. The van der Waals surface area contributed by atoms with E-state index >= 15 is 0 Å². The molecule has 2 aliphatic heterocycles. The molecular formula is C23H24N4O2. The Labute approximate surface area is 169 Å². The van der Waals surface area contributed by atoms with Gasteiger partial charge in [0.2, 0.25) is 5.91 Å². The smallest absolute Gasteiger partial charge is 0.231 e. The van der Waals surface area contributed by atoms with E-state index < -0.39 is 0 Å². The molecule has 1 N–H and O–H groups in total. The van der Waals surface area contributed by atoms with Crippen molar-refractivity contribution in [3.05, 3.63) is 59.9 Å². The van der Waals surface area contributed by atoms with E-state index in [1.807, 2.05) is 48.5 Å². The van der Waals surface area contributed by atoms with Crippen molar-refractivity contribution < 1.29 is 9.53 Å². The fraction of sp³-hybridized carbons (Fsp3) is 0.348. The molecule has 5 rings (SSSR count). The van der Waals surface area contributed by atoms with Gasteiger partial charge in [-0.05, 0) is 55.2 Å². The molecule has 1 aromatic heterocycles. The van der Waals surface area contributed by atoms with Gasteiger partial charge in [-0.1, -0.05) is 24.6 Å². The maximum atomic E-state index is 12.7. The monoisotopic (exact) mass is 388 g/mol. The lowest BCUT2D eigenvalue weighted by atomic mass is 9.96. The molecule has 6 heteroatoms. The number of hydrogen-bond acceptors (Lipinski definition) is 4. The second-order valence-electron chi connectivity index (χ2n) is 7.79. The first-order valence-corrected chi connectivity index (χ1v) is 10.3. The number of nitrogens with one attached hydrogen (secondary N) is 1. The number of fused-ring (bicyclic) bond motifs is 2. The van der Waals surface area contributed by atoms with Gasteiger partial charge in [0.15, 0.2) is 5.82 Å². The predicted octanol–water partition coefficient (Wildman–Crippen LogP) is 3.86. The van der Waals surface area contributed by atoms with Crippen molar-refractivity contribution in [1.29, 1.82) is 0 Å². The molecule has 2 aromatic carbocycles. The molecule has 148 valence electrons. The number of amides is 1. The number of nitrogens with zero attached hydrogens (tertiary/aromatic N) is 3. The summed E-state index contributed by atoms with van der Waals surface area (Å²) in [6, 6.07) is 15.8. The molecule has 0 spiro atoms. The molecule has 1 unspecified atom stereocenters. The van der Waals surface area contributed by atoms with E-state index in [0.717, 1.165) is 47.2 Å². The summed E-state index contributed by atoms with van der Waals surface area (Å²) in [5.74, 6) is 2.68. The number of aromatic nitrogens is 3. The highest BCUT2D eigenvalue weighted by molar-refractivity contribution is 5.93. The number of carbonyl (C=O) groups is 1. The number of para-hydroxylation sites is 1. The number of ether oxygens (including phenoxy) is 1. The van der Waals surface area contributed by atoms with Gasteiger partial charge in [0.05, 0.1) is 5.92 Å². The van der Waals surface area contributed by atoms with E-state index in [-0.39, 0.29) is 11.8 Å². The molecule has 6 nitrogen and oxygen atoms in total. The fourth-order valence-electron chi connectivity index (χ4n) is 4.14. The topological polar surface area (TPSA) is 69.0 Å². The molecular weight excluding hydrogens is 364 g/mol. The van der Waals surface area contributed by atoms with Crippen molar-refractivity contribution >= 4 is 11.6 Å². The van der Waals surface area contributed by atoms with E-state index in [0.29, 0.717) is 13.0 Å². The lowest BCUT2D eigenvalue weighted by molar-refractivity contribution is -0.121. The average molecular weight is 388 g/mol. The van der Waals surface area contributed by atoms with Gasteiger partial charge in [-0.2, -0.15) is 0 Å². The van der Waals surface area contributed by atoms with Gasteiger partial charge in [0.1, 0.15) is 18.2 Å². The summed E-state index contributed by atoms with van der Waals surface area (Å²) >= 11 is 0. The first kappa shape index (κ1) is 17.9. The molecule has 0 radical (unpaired) electrons. The summed E-state index contributed by atoms with van der Waals surface area (Å²) in [4.78, 5) is 12.7. The lowest BCUT2D eigenvalue weighted by Crippen LogP contribution is -2.32. The fourth-order valence-corrected chi connectivity index (χ4v) is 4.14. The summed E-state index contributed by atoms with van der Waals surface area (Å²) in [7, 11) is 0. The van der Waals surface area contributed by atoms with Crippen LogP contribution in [0.5, 0.6) is 5.75 Å². The van der Waals surface area contributed by atoms with Crippen LogP contribution >= 0.6 is 0 Å². The second-order valence-corrected chi connectivity index (χ2v) is 7.79. The average Bonchev–Trinajstić information content (AvgIpc) is 3.02. The summed E-state index contributed by atoms with van der Waals surface area (Å²) in [6.45, 7) is 1.38. The predicted molar refractivity (Wildman–Crippen MR) is 111 cm³/mol. The lowest BCUT2D eigenvalue weighted by Gasteiger charge is -2.24. The molecule has 1 atom stereocenters. The number of hydrogen-bond donors (Lipinski definition) is 1. The first-order valence-electron chi connectivity index (χ1n) is 10.3. The van der Waals surface area contributed by atoms with Crippen LogP contribution in [-0.4, -0.2) is 27.3 Å². The van der Waals surface area contributed by atoms with Gasteiger partial charge >= 0.3 is 0 Å². The quantitative estimate of drug-likeness (QED) is 0.740. The second kappa shape index (κ2) is 7.70. The summed E-state index contributed by atoms with van der Waals surface area (Å²) in [6.07, 6.45) is 5.28. The van der Waals surface area contributed by atoms with Gasteiger partial charge in [-0.3, -0.25) is 4.79 Å². The number of anilines is 1. The summed E-state index contributed by atoms with van der Waals surface area (Å²) < 4.78 is 7.98. The Balaban J connectivity index is 1.28. The third-order valence-corrected chi connectivity index (χ3v) is 5.77. The van der Waals surface area contributed by atoms with Crippen LogP contribution < -0.4 is 10.1 Å². The Morgan fingerprint density at radius 1 is 1.03 bits per heavy atom. The normalized spacial score (nSPS) is 18.1. The SMILES string of the molecule is O=C(Nc1ccc(-c2nnc3n2CCCCC3)cc1)C1COc2ccccc2C1. The van der Waals surface area contributed by atoms with Gasteiger partial charge in [0.25, 0.3) is 0 Å². The molecule has 29 heavy (non-hydrogen) atoms. The van der Waals surface area contributed by atoms with Gasteiger partial charge in [0, 0.05) is 24.2 Å². The van der Waals surface area contributed by atoms with E-state index in [1.54, 1.807) is 0 Å². The standard InChI is InChI=1S/C23H24N4O2/c28-23(18-14-17-6-3-4-7-20(17)29-15-18)24-19-11-9-16(10-12-19)22-26-25-21-8-2-1-5-13-27(21)22/h3-4,6-7,9-12,18H,1-2,5,8,13-15H2,(H,24,28). The minimum atomic E-state index is -0.183. The Morgan fingerprint density at radius 2 is 1.90 bits per heavy atom. The van der Waals surface area contributed by atoms with Crippen molar-refractivity contribution in [3.63, 3.8) is 0 Å². The zero-order valence-corrected chi connectivity index (χ0v) is 16.3. The van der Waals surface area contributed by atoms with Gasteiger partial charge in [-0.25, -0.2) is 0 Å². The van der Waals surface area contributed by atoms with Crippen LogP contribution in [0.4, 0.5) is 5.69 Å². The van der Waals surface area contributed by atoms with Crippen molar-refractivity contribution in [2.24, 2.45) is 5.92 Å². The van der Waals surface area contributed by atoms with E-state index in [2.05, 4.69) is 20.1 Å². The Kier molecular flexibility index (Phi) is 4.76. The van der Waals surface area contributed by atoms with Crippen molar-refractivity contribution in [1.82, 2.24) is 14.8 Å². The number of rotatable bonds is 3. The van der Waals surface area contributed by atoms with Crippen LogP contribution in [0.3, 0.4) is 0 Å². The van der Waals surface area contributed by atoms with Crippen LogP contribution in [0.25, 0.3) is 11.4 Å². The molecule has 0 saturated heterocycles. The maximum Gasteiger partial charge on any atom is 0.231 e. The van der Waals surface area contributed by atoms with Crippen LogP contribution in [-0.2, 0) is 24.2 Å². The third-order valence-electron chi connectivity index (χ3n) is 5.77. The molecule has 0 fully saturated rings. The van der Waals surface area contributed by atoms with E-state index in [1.165, 1.54) is 19.3 Å². The van der Waals surface area contributed by atoms with Gasteiger partial charge in [-0.15, -0.1) is 10.2 Å². The summed E-state index contributed by atoms with van der Waals surface area (Å²) in [5, 5.41) is 11.8. The number of benzene rings is 2. The van der Waals surface area contributed by atoms with Crippen LogP contribution in [0, 0.1) is 5.92 Å². The highest BCUT2D eigenvalue weighted by atomic mass is 16.5. The molecule has 0 aliphatic carbocycles.